The Morgan fingerprint density at radius 3 is 2.88 bits per heavy atom. The van der Waals surface area contributed by atoms with Crippen molar-refractivity contribution in [2.24, 2.45) is 0 Å². The molecule has 94 valence electrons. The van der Waals surface area contributed by atoms with Gasteiger partial charge in [0.1, 0.15) is 6.04 Å². The van der Waals surface area contributed by atoms with E-state index >= 15 is 0 Å². The molecule has 0 spiro atoms. The van der Waals surface area contributed by atoms with Crippen LogP contribution in [-0.4, -0.2) is 43.0 Å². The lowest BCUT2D eigenvalue weighted by atomic mass is 10.1. The SMILES string of the molecule is C1CCN(c2noc(C3COCCN3)n2)CC1. The quantitative estimate of drug-likeness (QED) is 0.819. The Morgan fingerprint density at radius 2 is 2.12 bits per heavy atom. The van der Waals surface area contributed by atoms with Gasteiger partial charge in [0.05, 0.1) is 13.2 Å². The zero-order valence-corrected chi connectivity index (χ0v) is 9.89. The Labute approximate surface area is 100 Å². The highest BCUT2D eigenvalue weighted by atomic mass is 16.5. The Bertz CT molecular complexity index is 324. The van der Waals surface area contributed by atoms with Crippen molar-refractivity contribution in [2.45, 2.75) is 25.3 Å². The highest BCUT2D eigenvalue weighted by molar-refractivity contribution is 5.28. The van der Waals surface area contributed by atoms with Crippen molar-refractivity contribution in [3.63, 3.8) is 0 Å². The monoisotopic (exact) mass is 238 g/mol. The van der Waals surface area contributed by atoms with Gasteiger partial charge >= 0.3 is 0 Å². The van der Waals surface area contributed by atoms with Crippen LogP contribution < -0.4 is 10.2 Å². The number of piperidine rings is 1. The molecule has 1 aromatic rings. The standard InChI is InChI=1S/C11H18N4O2/c1-2-5-15(6-3-1)11-13-10(17-14-11)9-8-16-7-4-12-9/h9,12H,1-8H2. The van der Waals surface area contributed by atoms with Crippen LogP contribution in [0.3, 0.4) is 0 Å². The zero-order valence-electron chi connectivity index (χ0n) is 9.89. The summed E-state index contributed by atoms with van der Waals surface area (Å²) < 4.78 is 10.7. The molecular weight excluding hydrogens is 220 g/mol. The van der Waals surface area contributed by atoms with Gasteiger partial charge in [-0.3, -0.25) is 0 Å². The number of nitrogens with zero attached hydrogens (tertiary/aromatic N) is 3. The largest absolute Gasteiger partial charge is 0.378 e. The predicted molar refractivity (Wildman–Crippen MR) is 61.9 cm³/mol. The smallest absolute Gasteiger partial charge is 0.266 e. The van der Waals surface area contributed by atoms with E-state index in [1.807, 2.05) is 0 Å². The fourth-order valence-corrected chi connectivity index (χ4v) is 2.31. The second-order valence-electron chi connectivity index (χ2n) is 4.56. The van der Waals surface area contributed by atoms with E-state index in [1.165, 1.54) is 19.3 Å². The van der Waals surface area contributed by atoms with E-state index < -0.39 is 0 Å². The molecule has 2 saturated heterocycles. The molecule has 3 heterocycles. The van der Waals surface area contributed by atoms with Crippen molar-refractivity contribution < 1.29 is 9.26 Å². The van der Waals surface area contributed by atoms with Gasteiger partial charge < -0.3 is 19.5 Å². The van der Waals surface area contributed by atoms with E-state index in [1.54, 1.807) is 0 Å². The molecule has 2 aliphatic heterocycles. The van der Waals surface area contributed by atoms with Crippen molar-refractivity contribution in [1.29, 1.82) is 0 Å². The van der Waals surface area contributed by atoms with Gasteiger partial charge in [0.25, 0.3) is 5.95 Å². The Hall–Kier alpha value is -1.14. The van der Waals surface area contributed by atoms with E-state index in [4.69, 9.17) is 9.26 Å². The molecule has 2 aliphatic rings. The van der Waals surface area contributed by atoms with Gasteiger partial charge in [0.2, 0.25) is 5.89 Å². The lowest BCUT2D eigenvalue weighted by Gasteiger charge is -2.24. The molecule has 2 fully saturated rings. The molecule has 1 unspecified atom stereocenters. The molecular formula is C11H18N4O2. The van der Waals surface area contributed by atoms with Gasteiger partial charge in [-0.1, -0.05) is 0 Å². The molecule has 0 saturated carbocycles. The number of nitrogens with one attached hydrogen (secondary N) is 1. The Kier molecular flexibility index (Phi) is 3.24. The van der Waals surface area contributed by atoms with Crippen LogP contribution in [0.4, 0.5) is 5.95 Å². The van der Waals surface area contributed by atoms with Crippen LogP contribution in [0.25, 0.3) is 0 Å². The van der Waals surface area contributed by atoms with Crippen LogP contribution in [0.15, 0.2) is 4.52 Å². The average Bonchev–Trinajstić information content (AvgIpc) is 2.90. The summed E-state index contributed by atoms with van der Waals surface area (Å²) in [5.41, 5.74) is 0. The predicted octanol–water partition coefficient (Wildman–Crippen LogP) is 0.721. The lowest BCUT2D eigenvalue weighted by molar-refractivity contribution is 0.0659. The molecule has 0 aromatic carbocycles. The summed E-state index contributed by atoms with van der Waals surface area (Å²) in [4.78, 5) is 6.66. The minimum Gasteiger partial charge on any atom is -0.378 e. The number of hydrogen-bond donors (Lipinski definition) is 1. The van der Waals surface area contributed by atoms with E-state index in [2.05, 4.69) is 20.4 Å². The first-order valence-electron chi connectivity index (χ1n) is 6.33. The summed E-state index contributed by atoms with van der Waals surface area (Å²) in [5.74, 6) is 1.37. The summed E-state index contributed by atoms with van der Waals surface area (Å²) in [6.45, 7) is 4.28. The van der Waals surface area contributed by atoms with Crippen LogP contribution in [0, 0.1) is 0 Å². The van der Waals surface area contributed by atoms with E-state index in [-0.39, 0.29) is 6.04 Å². The van der Waals surface area contributed by atoms with Crippen molar-refractivity contribution in [3.05, 3.63) is 5.89 Å². The molecule has 0 bridgehead atoms. The summed E-state index contributed by atoms with van der Waals surface area (Å²) >= 11 is 0. The number of rotatable bonds is 2. The molecule has 1 atom stereocenters. The van der Waals surface area contributed by atoms with Crippen molar-refractivity contribution in [1.82, 2.24) is 15.5 Å². The number of aromatic nitrogens is 2. The lowest BCUT2D eigenvalue weighted by Crippen LogP contribution is -2.35. The van der Waals surface area contributed by atoms with Gasteiger partial charge in [-0.2, -0.15) is 4.98 Å². The minimum absolute atomic E-state index is 0.0507. The first kappa shape index (κ1) is 11.0. The van der Waals surface area contributed by atoms with Gasteiger partial charge in [0.15, 0.2) is 0 Å². The van der Waals surface area contributed by atoms with Crippen LogP contribution >= 0.6 is 0 Å². The number of ether oxygens (including phenoxy) is 1. The maximum Gasteiger partial charge on any atom is 0.266 e. The van der Waals surface area contributed by atoms with E-state index in [9.17, 15) is 0 Å². The fraction of sp³-hybridized carbons (Fsp3) is 0.818. The van der Waals surface area contributed by atoms with Gasteiger partial charge in [-0.15, -0.1) is 0 Å². The zero-order chi connectivity index (χ0) is 11.5. The maximum absolute atomic E-state index is 5.39. The summed E-state index contributed by atoms with van der Waals surface area (Å²) in [5, 5.41) is 7.37. The third kappa shape index (κ3) is 2.42. The number of hydrogen-bond acceptors (Lipinski definition) is 6. The fourth-order valence-electron chi connectivity index (χ4n) is 2.31. The van der Waals surface area contributed by atoms with Crippen LogP contribution in [0.5, 0.6) is 0 Å². The Morgan fingerprint density at radius 1 is 1.24 bits per heavy atom. The van der Waals surface area contributed by atoms with Gasteiger partial charge in [-0.05, 0) is 24.4 Å². The highest BCUT2D eigenvalue weighted by Gasteiger charge is 2.23. The molecule has 1 aromatic heterocycles. The molecule has 0 aliphatic carbocycles. The molecule has 1 N–H and O–H groups in total. The third-order valence-corrected chi connectivity index (χ3v) is 3.29. The van der Waals surface area contributed by atoms with Gasteiger partial charge in [0, 0.05) is 19.6 Å². The van der Waals surface area contributed by atoms with Gasteiger partial charge in [-0.25, -0.2) is 0 Å². The molecule has 6 heteroatoms. The second kappa shape index (κ2) is 5.01. The normalized spacial score (nSPS) is 26.1. The molecule has 3 rings (SSSR count). The van der Waals surface area contributed by atoms with E-state index in [0.29, 0.717) is 12.5 Å². The molecule has 17 heavy (non-hydrogen) atoms. The van der Waals surface area contributed by atoms with Crippen LogP contribution in [0.2, 0.25) is 0 Å². The highest BCUT2D eigenvalue weighted by Crippen LogP contribution is 2.20. The number of anilines is 1. The first-order valence-corrected chi connectivity index (χ1v) is 6.33. The second-order valence-corrected chi connectivity index (χ2v) is 4.56. The van der Waals surface area contributed by atoms with Crippen LogP contribution in [0.1, 0.15) is 31.2 Å². The van der Waals surface area contributed by atoms with Crippen molar-refractivity contribution in [2.75, 3.05) is 37.7 Å². The van der Waals surface area contributed by atoms with Crippen molar-refractivity contribution >= 4 is 5.95 Å². The number of morpholine rings is 1. The minimum atomic E-state index is 0.0507. The topological polar surface area (TPSA) is 63.4 Å². The maximum atomic E-state index is 5.39. The summed E-state index contributed by atoms with van der Waals surface area (Å²) in [6, 6.07) is 0.0507. The van der Waals surface area contributed by atoms with E-state index in [0.717, 1.165) is 32.2 Å². The molecule has 0 radical (unpaired) electrons. The molecule has 6 nitrogen and oxygen atoms in total. The molecule has 0 amide bonds. The van der Waals surface area contributed by atoms with Crippen LogP contribution in [-0.2, 0) is 4.74 Å². The first-order chi connectivity index (χ1) is 8.43. The third-order valence-electron chi connectivity index (χ3n) is 3.29. The van der Waals surface area contributed by atoms with Crippen molar-refractivity contribution in [3.8, 4) is 0 Å². The summed E-state index contributed by atoms with van der Waals surface area (Å²) in [7, 11) is 0. The Balaban J connectivity index is 1.68. The summed E-state index contributed by atoms with van der Waals surface area (Å²) in [6.07, 6.45) is 3.74. The average molecular weight is 238 g/mol.